The normalized spacial score (nSPS) is 17.0. The molecule has 6 heteroatoms. The van der Waals surface area contributed by atoms with Gasteiger partial charge in [0.1, 0.15) is 0 Å². The smallest absolute Gasteiger partial charge is 0.328 e. The molecule has 2 heterocycles. The van der Waals surface area contributed by atoms with Crippen LogP contribution in [0.25, 0.3) is 6.08 Å². The van der Waals surface area contributed by atoms with Crippen LogP contribution in [-0.4, -0.2) is 60.0 Å². The molecule has 1 saturated heterocycles. The van der Waals surface area contributed by atoms with Crippen molar-refractivity contribution in [3.05, 3.63) is 28.0 Å². The van der Waals surface area contributed by atoms with Gasteiger partial charge in [0.15, 0.2) is 0 Å². The van der Waals surface area contributed by atoms with Gasteiger partial charge in [-0.05, 0) is 19.2 Å². The van der Waals surface area contributed by atoms with Gasteiger partial charge in [0.2, 0.25) is 0 Å². The number of likely N-dealkylation sites (N-methyl/N-ethyl adjacent to an activating group) is 1. The van der Waals surface area contributed by atoms with Crippen LogP contribution in [0.2, 0.25) is 0 Å². The summed E-state index contributed by atoms with van der Waals surface area (Å²) in [5.41, 5.74) is 0.639. The number of thiophene rings is 1. The first-order valence-corrected chi connectivity index (χ1v) is 6.91. The van der Waals surface area contributed by atoms with Gasteiger partial charge in [-0.15, -0.1) is 11.3 Å². The Balaban J connectivity index is 2.02. The number of piperazine rings is 1. The van der Waals surface area contributed by atoms with E-state index in [1.807, 2.05) is 11.9 Å². The molecule has 0 spiro atoms. The first-order chi connectivity index (χ1) is 9.06. The number of carboxylic acids is 1. The molecular weight excluding hydrogens is 264 g/mol. The summed E-state index contributed by atoms with van der Waals surface area (Å²) in [6.45, 7) is 3.26. The molecule has 1 aromatic heterocycles. The first-order valence-electron chi connectivity index (χ1n) is 6.03. The van der Waals surface area contributed by atoms with Gasteiger partial charge in [-0.1, -0.05) is 0 Å². The molecule has 1 aromatic rings. The lowest BCUT2D eigenvalue weighted by molar-refractivity contribution is -0.131. The molecule has 19 heavy (non-hydrogen) atoms. The summed E-state index contributed by atoms with van der Waals surface area (Å²) in [5, 5.41) is 10.3. The summed E-state index contributed by atoms with van der Waals surface area (Å²) in [5.74, 6) is -0.959. The topological polar surface area (TPSA) is 60.9 Å². The van der Waals surface area contributed by atoms with Crippen molar-refractivity contribution in [2.24, 2.45) is 0 Å². The molecule has 1 aliphatic rings. The quantitative estimate of drug-likeness (QED) is 0.846. The third-order valence-corrected chi connectivity index (χ3v) is 3.95. The zero-order valence-electron chi connectivity index (χ0n) is 10.7. The van der Waals surface area contributed by atoms with E-state index in [-0.39, 0.29) is 5.91 Å². The molecule has 0 bridgehead atoms. The highest BCUT2D eigenvalue weighted by Gasteiger charge is 2.20. The summed E-state index contributed by atoms with van der Waals surface area (Å²) in [7, 11) is 2.04. The van der Waals surface area contributed by atoms with E-state index in [1.54, 1.807) is 11.4 Å². The predicted octanol–water partition coefficient (Wildman–Crippen LogP) is 1.23. The lowest BCUT2D eigenvalue weighted by Gasteiger charge is -2.32. The zero-order valence-corrected chi connectivity index (χ0v) is 11.5. The average molecular weight is 280 g/mol. The van der Waals surface area contributed by atoms with Crippen molar-refractivity contribution in [3.63, 3.8) is 0 Å². The average Bonchev–Trinajstić information content (AvgIpc) is 2.85. The highest BCUT2D eigenvalue weighted by Crippen LogP contribution is 2.18. The molecule has 0 radical (unpaired) electrons. The maximum absolute atomic E-state index is 12.2. The molecule has 1 fully saturated rings. The van der Waals surface area contributed by atoms with Crippen LogP contribution in [0.4, 0.5) is 0 Å². The van der Waals surface area contributed by atoms with E-state index in [2.05, 4.69) is 4.90 Å². The van der Waals surface area contributed by atoms with Crippen molar-refractivity contribution in [1.29, 1.82) is 0 Å². The van der Waals surface area contributed by atoms with E-state index >= 15 is 0 Å². The molecule has 5 nitrogen and oxygen atoms in total. The summed E-state index contributed by atoms with van der Waals surface area (Å²) < 4.78 is 0. The molecule has 102 valence electrons. The minimum Gasteiger partial charge on any atom is -0.478 e. The maximum atomic E-state index is 12.2. The Bertz CT molecular complexity index is 502. The van der Waals surface area contributed by atoms with Gasteiger partial charge in [0.05, 0.1) is 5.56 Å². The fourth-order valence-electron chi connectivity index (χ4n) is 1.90. The highest BCUT2D eigenvalue weighted by atomic mass is 32.1. The lowest BCUT2D eigenvalue weighted by atomic mass is 10.2. The van der Waals surface area contributed by atoms with Gasteiger partial charge in [0.25, 0.3) is 5.91 Å². The van der Waals surface area contributed by atoms with Gasteiger partial charge >= 0.3 is 5.97 Å². The van der Waals surface area contributed by atoms with Crippen molar-refractivity contribution < 1.29 is 14.7 Å². The van der Waals surface area contributed by atoms with Gasteiger partial charge in [0, 0.05) is 42.5 Å². The minimum absolute atomic E-state index is 0.0272. The SMILES string of the molecule is CN1CCN(C(=O)c2csc(C=CC(=O)O)c2)CC1. The number of rotatable bonds is 3. The third kappa shape index (κ3) is 3.65. The summed E-state index contributed by atoms with van der Waals surface area (Å²) in [6, 6.07) is 1.74. The number of hydrogen-bond acceptors (Lipinski definition) is 4. The van der Waals surface area contributed by atoms with E-state index in [0.29, 0.717) is 5.56 Å². The Morgan fingerprint density at radius 1 is 1.32 bits per heavy atom. The summed E-state index contributed by atoms with van der Waals surface area (Å²) in [4.78, 5) is 27.5. The molecule has 0 aliphatic carbocycles. The van der Waals surface area contributed by atoms with Crippen LogP contribution in [0.3, 0.4) is 0 Å². The number of carboxylic acid groups (broad SMARTS) is 1. The van der Waals surface area contributed by atoms with E-state index in [1.165, 1.54) is 17.4 Å². The Hall–Kier alpha value is -1.66. The monoisotopic (exact) mass is 280 g/mol. The molecular formula is C13H16N2O3S. The van der Waals surface area contributed by atoms with Crippen molar-refractivity contribution in [2.75, 3.05) is 33.2 Å². The van der Waals surface area contributed by atoms with E-state index in [9.17, 15) is 9.59 Å². The van der Waals surface area contributed by atoms with E-state index in [4.69, 9.17) is 5.11 Å². The number of hydrogen-bond donors (Lipinski definition) is 1. The van der Waals surface area contributed by atoms with Crippen LogP contribution in [0.15, 0.2) is 17.5 Å². The molecule has 2 rings (SSSR count). The standard InChI is InChI=1S/C13H16N2O3S/c1-14-4-6-15(7-5-14)13(18)10-8-11(19-9-10)2-3-12(16)17/h2-3,8-9H,4-7H2,1H3,(H,16,17). The second-order valence-corrected chi connectivity index (χ2v) is 5.45. The van der Waals surface area contributed by atoms with Crippen LogP contribution in [0.5, 0.6) is 0 Å². The number of carbonyl (C=O) groups excluding carboxylic acids is 1. The van der Waals surface area contributed by atoms with Crippen molar-refractivity contribution in [2.45, 2.75) is 0 Å². The summed E-state index contributed by atoms with van der Waals surface area (Å²) >= 11 is 1.38. The fraction of sp³-hybridized carbons (Fsp3) is 0.385. The van der Waals surface area contributed by atoms with Crippen LogP contribution in [-0.2, 0) is 4.79 Å². The minimum atomic E-state index is -0.986. The second-order valence-electron chi connectivity index (χ2n) is 4.50. The fourth-order valence-corrected chi connectivity index (χ4v) is 2.67. The Morgan fingerprint density at radius 2 is 2.00 bits per heavy atom. The van der Waals surface area contributed by atoms with Gasteiger partial charge < -0.3 is 14.9 Å². The Morgan fingerprint density at radius 3 is 2.63 bits per heavy atom. The molecule has 0 saturated carbocycles. The molecule has 0 unspecified atom stereocenters. The van der Waals surface area contributed by atoms with E-state index in [0.717, 1.165) is 37.1 Å². The number of carbonyl (C=O) groups is 2. The Labute approximate surface area is 115 Å². The molecule has 1 amide bonds. The van der Waals surface area contributed by atoms with Crippen molar-refractivity contribution in [1.82, 2.24) is 9.80 Å². The van der Waals surface area contributed by atoms with Crippen molar-refractivity contribution >= 4 is 29.3 Å². The zero-order chi connectivity index (χ0) is 13.8. The molecule has 1 N–H and O–H groups in total. The van der Waals surface area contributed by atoms with Crippen LogP contribution in [0, 0.1) is 0 Å². The van der Waals surface area contributed by atoms with Crippen molar-refractivity contribution in [3.8, 4) is 0 Å². The molecule has 0 aromatic carbocycles. The van der Waals surface area contributed by atoms with Crippen LogP contribution < -0.4 is 0 Å². The summed E-state index contributed by atoms with van der Waals surface area (Å²) in [6.07, 6.45) is 2.59. The van der Waals surface area contributed by atoms with Gasteiger partial charge in [-0.25, -0.2) is 4.79 Å². The highest BCUT2D eigenvalue weighted by molar-refractivity contribution is 7.11. The molecule has 0 atom stereocenters. The van der Waals surface area contributed by atoms with Gasteiger partial charge in [-0.2, -0.15) is 0 Å². The first kappa shape index (κ1) is 13.8. The van der Waals surface area contributed by atoms with Crippen LogP contribution >= 0.6 is 11.3 Å². The van der Waals surface area contributed by atoms with Gasteiger partial charge in [-0.3, -0.25) is 4.79 Å². The molecule has 1 aliphatic heterocycles. The lowest BCUT2D eigenvalue weighted by Crippen LogP contribution is -2.47. The predicted molar refractivity (Wildman–Crippen MR) is 74.4 cm³/mol. The number of nitrogens with zero attached hydrogens (tertiary/aromatic N) is 2. The largest absolute Gasteiger partial charge is 0.478 e. The second kappa shape index (κ2) is 5.99. The third-order valence-electron chi connectivity index (χ3n) is 3.05. The maximum Gasteiger partial charge on any atom is 0.328 e. The van der Waals surface area contributed by atoms with Crippen LogP contribution in [0.1, 0.15) is 15.2 Å². The number of aliphatic carboxylic acids is 1. The number of amides is 1. The Kier molecular flexibility index (Phi) is 4.34. The van der Waals surface area contributed by atoms with E-state index < -0.39 is 5.97 Å².